The molecular formula is C27H34N4O2. The summed E-state index contributed by atoms with van der Waals surface area (Å²) < 4.78 is 5.49. The molecule has 6 nitrogen and oxygen atoms in total. The molecule has 4 rings (SSSR count). The Morgan fingerprint density at radius 1 is 1.15 bits per heavy atom. The van der Waals surface area contributed by atoms with Crippen molar-refractivity contribution in [1.82, 2.24) is 9.88 Å². The number of benzene rings is 2. The van der Waals surface area contributed by atoms with Crippen molar-refractivity contribution in [2.24, 2.45) is 0 Å². The van der Waals surface area contributed by atoms with Gasteiger partial charge in [0, 0.05) is 37.1 Å². The molecule has 174 valence electrons. The average Bonchev–Trinajstić information content (AvgIpc) is 2.84. The third-order valence-electron chi connectivity index (χ3n) is 6.42. The topological polar surface area (TPSA) is 71.7 Å². The summed E-state index contributed by atoms with van der Waals surface area (Å²) in [5, 5.41) is 1.02. The minimum atomic E-state index is 0.0918. The maximum atomic E-state index is 13.5. The van der Waals surface area contributed by atoms with E-state index >= 15 is 0 Å². The summed E-state index contributed by atoms with van der Waals surface area (Å²) in [7, 11) is 0. The summed E-state index contributed by atoms with van der Waals surface area (Å²) in [5.74, 6) is 0.632. The Kier molecular flexibility index (Phi) is 7.14. The van der Waals surface area contributed by atoms with Crippen LogP contribution in [0.4, 0.5) is 11.5 Å². The van der Waals surface area contributed by atoms with Crippen molar-refractivity contribution < 1.29 is 9.53 Å². The van der Waals surface area contributed by atoms with Crippen LogP contribution in [0.5, 0.6) is 0 Å². The Bertz CT molecular complexity index is 1140. The molecule has 1 fully saturated rings. The number of hydrogen-bond acceptors (Lipinski definition) is 5. The van der Waals surface area contributed by atoms with E-state index in [2.05, 4.69) is 41.9 Å². The molecule has 1 amide bonds. The lowest BCUT2D eigenvalue weighted by Gasteiger charge is -2.29. The van der Waals surface area contributed by atoms with Crippen molar-refractivity contribution in [2.45, 2.75) is 33.6 Å². The van der Waals surface area contributed by atoms with Crippen LogP contribution in [-0.4, -0.2) is 55.2 Å². The largest absolute Gasteiger partial charge is 0.382 e. The molecule has 3 aromatic rings. The molecule has 1 saturated heterocycles. The molecule has 0 bridgehead atoms. The van der Waals surface area contributed by atoms with Crippen LogP contribution in [0.15, 0.2) is 42.5 Å². The fourth-order valence-corrected chi connectivity index (χ4v) is 4.55. The summed E-state index contributed by atoms with van der Waals surface area (Å²) >= 11 is 0. The van der Waals surface area contributed by atoms with Gasteiger partial charge in [-0.2, -0.15) is 0 Å². The lowest BCUT2D eigenvalue weighted by molar-refractivity contribution is 0.0763. The lowest BCUT2D eigenvalue weighted by atomic mass is 9.93. The molecule has 0 atom stereocenters. The van der Waals surface area contributed by atoms with Crippen LogP contribution < -0.4 is 10.6 Å². The average molecular weight is 447 g/mol. The van der Waals surface area contributed by atoms with Gasteiger partial charge in [-0.05, 0) is 61.2 Å². The Morgan fingerprint density at radius 2 is 1.94 bits per heavy atom. The predicted octanol–water partition coefficient (Wildman–Crippen LogP) is 4.89. The first-order valence-electron chi connectivity index (χ1n) is 12.0. The lowest BCUT2D eigenvalue weighted by Crippen LogP contribution is -2.36. The van der Waals surface area contributed by atoms with Crippen molar-refractivity contribution in [1.29, 1.82) is 0 Å². The van der Waals surface area contributed by atoms with E-state index in [1.54, 1.807) is 0 Å². The highest BCUT2D eigenvalue weighted by atomic mass is 16.5. The number of carbonyl (C=O) groups excluding carboxylic acids is 1. The number of morpholine rings is 1. The van der Waals surface area contributed by atoms with Gasteiger partial charge in [-0.25, -0.2) is 4.98 Å². The van der Waals surface area contributed by atoms with Crippen LogP contribution in [0, 0.1) is 6.92 Å². The molecule has 0 radical (unpaired) electrons. The second kappa shape index (κ2) is 10.2. The second-order valence-corrected chi connectivity index (χ2v) is 8.64. The van der Waals surface area contributed by atoms with Gasteiger partial charge in [0.05, 0.1) is 24.4 Å². The third kappa shape index (κ3) is 4.81. The summed E-state index contributed by atoms with van der Waals surface area (Å²) in [6.45, 7) is 10.7. The van der Waals surface area contributed by atoms with Gasteiger partial charge >= 0.3 is 0 Å². The molecule has 1 aliphatic heterocycles. The zero-order valence-corrected chi connectivity index (χ0v) is 19.9. The van der Waals surface area contributed by atoms with Gasteiger partial charge in [-0.1, -0.05) is 31.5 Å². The molecule has 0 saturated carbocycles. The van der Waals surface area contributed by atoms with E-state index in [9.17, 15) is 4.79 Å². The number of amides is 1. The molecule has 0 unspecified atom stereocenters. The Hall–Kier alpha value is -3.12. The van der Waals surface area contributed by atoms with Gasteiger partial charge in [0.15, 0.2) is 0 Å². The summed E-state index contributed by atoms with van der Waals surface area (Å²) in [5.41, 5.74) is 12.0. The third-order valence-corrected chi connectivity index (χ3v) is 6.42. The molecule has 2 aromatic carbocycles. The summed E-state index contributed by atoms with van der Waals surface area (Å²) in [6.07, 6.45) is 2.07. The number of ether oxygens (including phenoxy) is 1. The predicted molar refractivity (Wildman–Crippen MR) is 136 cm³/mol. The minimum absolute atomic E-state index is 0.0918. The number of carbonyl (C=O) groups is 1. The molecule has 2 N–H and O–H groups in total. The van der Waals surface area contributed by atoms with Crippen molar-refractivity contribution in [2.75, 3.05) is 50.0 Å². The second-order valence-electron chi connectivity index (χ2n) is 8.64. The smallest absolute Gasteiger partial charge is 0.254 e. The summed E-state index contributed by atoms with van der Waals surface area (Å²) in [6, 6.07) is 14.3. The number of rotatable bonds is 7. The zero-order valence-electron chi connectivity index (χ0n) is 19.9. The maximum Gasteiger partial charge on any atom is 0.254 e. The first-order valence-corrected chi connectivity index (χ1v) is 12.0. The number of hydrogen-bond donors (Lipinski definition) is 1. The van der Waals surface area contributed by atoms with Crippen LogP contribution in [0.25, 0.3) is 22.0 Å². The standard InChI is InChI=1S/C27H34N4O2/c1-4-6-12-30(5-2)27(32)22-9-7-8-19(3)25(22)20-10-11-23-21(17-20)18-24(26(28)29-23)31-13-15-33-16-14-31/h7-11,17-18H,4-6,12-16H2,1-3H3,(H2,28,29). The summed E-state index contributed by atoms with van der Waals surface area (Å²) in [4.78, 5) is 22.3. The van der Waals surface area contributed by atoms with Crippen LogP contribution >= 0.6 is 0 Å². The van der Waals surface area contributed by atoms with Crippen molar-refractivity contribution in [3.05, 3.63) is 53.6 Å². The van der Waals surface area contributed by atoms with Crippen LogP contribution in [-0.2, 0) is 4.74 Å². The van der Waals surface area contributed by atoms with Gasteiger partial charge in [-0.15, -0.1) is 0 Å². The number of anilines is 2. The zero-order chi connectivity index (χ0) is 23.4. The number of nitrogen functional groups attached to an aromatic ring is 1. The van der Waals surface area contributed by atoms with E-state index < -0.39 is 0 Å². The first kappa shape index (κ1) is 23.1. The first-order chi connectivity index (χ1) is 16.0. The van der Waals surface area contributed by atoms with E-state index in [-0.39, 0.29) is 5.91 Å². The molecule has 1 aromatic heterocycles. The SMILES string of the molecule is CCCCN(CC)C(=O)c1cccc(C)c1-c1ccc2nc(N)c(N3CCOCC3)cc2c1. The molecule has 6 heteroatoms. The maximum absolute atomic E-state index is 13.5. The molecule has 2 heterocycles. The number of unbranched alkanes of at least 4 members (excludes halogenated alkanes) is 1. The minimum Gasteiger partial charge on any atom is -0.382 e. The van der Waals surface area contributed by atoms with Crippen molar-refractivity contribution >= 4 is 28.3 Å². The Labute approximate surface area is 196 Å². The molecule has 0 spiro atoms. The van der Waals surface area contributed by atoms with Gasteiger partial charge in [-0.3, -0.25) is 4.79 Å². The van der Waals surface area contributed by atoms with Crippen molar-refractivity contribution in [3.8, 4) is 11.1 Å². The van der Waals surface area contributed by atoms with Crippen molar-refractivity contribution in [3.63, 3.8) is 0 Å². The highest BCUT2D eigenvalue weighted by Crippen LogP contribution is 2.33. The van der Waals surface area contributed by atoms with E-state index in [0.717, 1.165) is 71.3 Å². The Morgan fingerprint density at radius 3 is 2.67 bits per heavy atom. The Balaban J connectivity index is 1.77. The highest BCUT2D eigenvalue weighted by molar-refractivity contribution is 6.02. The molecule has 1 aliphatic rings. The number of nitrogens with two attached hydrogens (primary N) is 1. The number of aryl methyl sites for hydroxylation is 1. The van der Waals surface area contributed by atoms with Crippen LogP contribution in [0.3, 0.4) is 0 Å². The monoisotopic (exact) mass is 446 g/mol. The fraction of sp³-hybridized carbons (Fsp3) is 0.407. The molecular weight excluding hydrogens is 412 g/mol. The van der Waals surface area contributed by atoms with E-state index in [0.29, 0.717) is 25.6 Å². The van der Waals surface area contributed by atoms with Gasteiger partial charge < -0.3 is 20.3 Å². The number of nitrogens with zero attached hydrogens (tertiary/aromatic N) is 3. The van der Waals surface area contributed by atoms with E-state index in [4.69, 9.17) is 10.5 Å². The number of pyridine rings is 1. The quantitative estimate of drug-likeness (QED) is 0.559. The number of aromatic nitrogens is 1. The van der Waals surface area contributed by atoms with Gasteiger partial charge in [0.2, 0.25) is 0 Å². The van der Waals surface area contributed by atoms with E-state index in [1.165, 1.54) is 0 Å². The van der Waals surface area contributed by atoms with Crippen LogP contribution in [0.2, 0.25) is 0 Å². The van der Waals surface area contributed by atoms with Gasteiger partial charge in [0.1, 0.15) is 5.82 Å². The highest BCUT2D eigenvalue weighted by Gasteiger charge is 2.21. The van der Waals surface area contributed by atoms with E-state index in [1.807, 2.05) is 36.1 Å². The fourth-order valence-electron chi connectivity index (χ4n) is 4.55. The van der Waals surface area contributed by atoms with Gasteiger partial charge in [0.25, 0.3) is 5.91 Å². The normalized spacial score (nSPS) is 14.0. The van der Waals surface area contributed by atoms with Crippen LogP contribution in [0.1, 0.15) is 42.6 Å². The molecule has 0 aliphatic carbocycles. The molecule has 33 heavy (non-hydrogen) atoms. The number of fused-ring (bicyclic) bond motifs is 1.